The first-order valence-corrected chi connectivity index (χ1v) is 4.63. The molecule has 0 amide bonds. The highest BCUT2D eigenvalue weighted by Crippen LogP contribution is 2.01. The third kappa shape index (κ3) is 1.54. The van der Waals surface area contributed by atoms with Crippen molar-refractivity contribution < 1.29 is 4.21 Å². The van der Waals surface area contributed by atoms with E-state index in [1.165, 1.54) is 18.5 Å². The van der Waals surface area contributed by atoms with Crippen LogP contribution in [-0.4, -0.2) is 15.4 Å². The summed E-state index contributed by atoms with van der Waals surface area (Å²) in [5, 5.41) is 0.287. The fourth-order valence-corrected chi connectivity index (χ4v) is 1.08. The third-order valence-corrected chi connectivity index (χ3v) is 2.00. The number of hydrogen-bond donors (Lipinski definition) is 1. The SMILES string of the molecule is CS(=N)(=O)c1c[c]ccn1. The van der Waals surface area contributed by atoms with Gasteiger partial charge in [0.25, 0.3) is 0 Å². The van der Waals surface area contributed by atoms with E-state index in [1.807, 2.05) is 0 Å². The molecular formula is C6H7N2OS. The van der Waals surface area contributed by atoms with Crippen molar-refractivity contribution in [3.05, 3.63) is 24.4 Å². The second-order valence-corrected chi connectivity index (χ2v) is 4.04. The van der Waals surface area contributed by atoms with Crippen LogP contribution in [0.15, 0.2) is 23.4 Å². The second kappa shape index (κ2) is 2.38. The smallest absolute Gasteiger partial charge is 0.135 e. The fraction of sp³-hybridized carbons (Fsp3) is 0.167. The van der Waals surface area contributed by atoms with Gasteiger partial charge in [0.15, 0.2) is 0 Å². The number of hydrogen-bond acceptors (Lipinski definition) is 3. The Morgan fingerprint density at radius 1 is 1.80 bits per heavy atom. The number of nitrogens with zero attached hydrogens (tertiary/aromatic N) is 1. The largest absolute Gasteiger partial charge is 0.248 e. The van der Waals surface area contributed by atoms with E-state index in [1.54, 1.807) is 6.07 Å². The Labute approximate surface area is 60.1 Å². The lowest BCUT2D eigenvalue weighted by atomic mass is 10.5. The number of rotatable bonds is 1. The lowest BCUT2D eigenvalue weighted by molar-refractivity contribution is 0.676. The number of nitrogens with one attached hydrogen (secondary N) is 1. The van der Waals surface area contributed by atoms with Crippen molar-refractivity contribution in [2.24, 2.45) is 0 Å². The quantitative estimate of drug-likeness (QED) is 0.655. The lowest BCUT2D eigenvalue weighted by Gasteiger charge is -1.95. The van der Waals surface area contributed by atoms with Crippen molar-refractivity contribution in [3.63, 3.8) is 0 Å². The zero-order valence-corrected chi connectivity index (χ0v) is 6.31. The summed E-state index contributed by atoms with van der Waals surface area (Å²) in [7, 11) is -2.65. The van der Waals surface area contributed by atoms with E-state index >= 15 is 0 Å². The van der Waals surface area contributed by atoms with Crippen molar-refractivity contribution in [3.8, 4) is 0 Å². The summed E-state index contributed by atoms with van der Waals surface area (Å²) in [6.45, 7) is 0. The molecule has 1 aromatic heterocycles. The highest BCUT2D eigenvalue weighted by molar-refractivity contribution is 7.91. The van der Waals surface area contributed by atoms with Gasteiger partial charge in [-0.25, -0.2) is 14.0 Å². The van der Waals surface area contributed by atoms with Crippen LogP contribution in [0.25, 0.3) is 0 Å². The van der Waals surface area contributed by atoms with Crippen LogP contribution < -0.4 is 0 Å². The van der Waals surface area contributed by atoms with Gasteiger partial charge in [-0.05, 0) is 18.2 Å². The van der Waals surface area contributed by atoms with Gasteiger partial charge < -0.3 is 0 Å². The first-order valence-electron chi connectivity index (χ1n) is 2.66. The van der Waals surface area contributed by atoms with Gasteiger partial charge in [-0.1, -0.05) is 0 Å². The number of pyridine rings is 1. The van der Waals surface area contributed by atoms with Crippen LogP contribution in [0.4, 0.5) is 0 Å². The summed E-state index contributed by atoms with van der Waals surface area (Å²) in [6, 6.07) is 5.78. The molecule has 53 valence electrons. The van der Waals surface area contributed by atoms with Crippen molar-refractivity contribution >= 4 is 9.73 Å². The van der Waals surface area contributed by atoms with Gasteiger partial charge in [0.1, 0.15) is 5.03 Å². The van der Waals surface area contributed by atoms with E-state index < -0.39 is 9.73 Å². The molecular weight excluding hydrogens is 148 g/mol. The molecule has 3 nitrogen and oxygen atoms in total. The van der Waals surface area contributed by atoms with Crippen LogP contribution in [0.3, 0.4) is 0 Å². The zero-order chi connectivity index (χ0) is 7.61. The Morgan fingerprint density at radius 3 is 2.80 bits per heavy atom. The molecule has 1 atom stereocenters. The maximum Gasteiger partial charge on any atom is 0.135 e. The molecule has 1 heterocycles. The Hall–Kier alpha value is -0.900. The Bertz CT molecular complexity index is 304. The van der Waals surface area contributed by atoms with Crippen molar-refractivity contribution in [1.29, 1.82) is 4.78 Å². The molecule has 4 heteroatoms. The van der Waals surface area contributed by atoms with Gasteiger partial charge in [-0.15, -0.1) is 0 Å². The van der Waals surface area contributed by atoms with Crippen molar-refractivity contribution in [2.75, 3.05) is 6.26 Å². The average molecular weight is 155 g/mol. The summed E-state index contributed by atoms with van der Waals surface area (Å²) in [5.74, 6) is 0. The molecule has 0 spiro atoms. The minimum atomic E-state index is -2.65. The summed E-state index contributed by atoms with van der Waals surface area (Å²) in [6.07, 6.45) is 2.82. The molecule has 1 aromatic rings. The first-order chi connectivity index (χ1) is 4.61. The molecule has 0 saturated heterocycles. The van der Waals surface area contributed by atoms with Gasteiger partial charge in [0.2, 0.25) is 0 Å². The molecule has 10 heavy (non-hydrogen) atoms. The molecule has 0 aromatic carbocycles. The molecule has 0 fully saturated rings. The molecule has 0 aliphatic carbocycles. The monoisotopic (exact) mass is 155 g/mol. The minimum absolute atomic E-state index is 0.287. The Balaban J connectivity index is 3.22. The Kier molecular flexibility index (Phi) is 1.72. The third-order valence-electron chi connectivity index (χ3n) is 0.978. The summed E-state index contributed by atoms with van der Waals surface area (Å²) >= 11 is 0. The molecule has 0 saturated carbocycles. The normalized spacial score (nSPS) is 16.1. The molecule has 1 N–H and O–H groups in total. The second-order valence-electron chi connectivity index (χ2n) is 1.94. The van der Waals surface area contributed by atoms with Crippen LogP contribution >= 0.6 is 0 Å². The van der Waals surface area contributed by atoms with Gasteiger partial charge in [-0.3, -0.25) is 0 Å². The van der Waals surface area contributed by atoms with Crippen LogP contribution in [0.1, 0.15) is 0 Å². The zero-order valence-electron chi connectivity index (χ0n) is 5.50. The van der Waals surface area contributed by atoms with Gasteiger partial charge in [0.05, 0.1) is 9.73 Å². The van der Waals surface area contributed by atoms with Crippen LogP contribution in [0, 0.1) is 10.8 Å². The molecule has 0 bridgehead atoms. The maximum atomic E-state index is 11.0. The first kappa shape index (κ1) is 7.21. The molecule has 1 rings (SSSR count). The Morgan fingerprint density at radius 2 is 2.50 bits per heavy atom. The standard InChI is InChI=1S/C6H7N2OS/c1-10(7,9)6-4-2-3-5-8-6/h3-5,7H,1H3. The predicted octanol–water partition coefficient (Wildman–Crippen LogP) is 0.917. The highest BCUT2D eigenvalue weighted by atomic mass is 32.2. The molecule has 1 unspecified atom stereocenters. The summed E-state index contributed by atoms with van der Waals surface area (Å²) < 4.78 is 18.1. The average Bonchev–Trinajstić information content (AvgIpc) is 1.88. The van der Waals surface area contributed by atoms with E-state index in [0.717, 1.165) is 0 Å². The van der Waals surface area contributed by atoms with E-state index in [9.17, 15) is 4.21 Å². The van der Waals surface area contributed by atoms with Crippen LogP contribution in [0.2, 0.25) is 0 Å². The van der Waals surface area contributed by atoms with Crippen LogP contribution in [-0.2, 0) is 9.73 Å². The summed E-state index contributed by atoms with van der Waals surface area (Å²) in [5.41, 5.74) is 0. The van der Waals surface area contributed by atoms with Gasteiger partial charge in [-0.2, -0.15) is 0 Å². The topological polar surface area (TPSA) is 53.8 Å². The molecule has 0 aliphatic rings. The lowest BCUT2D eigenvalue weighted by Crippen LogP contribution is -1.96. The minimum Gasteiger partial charge on any atom is -0.248 e. The number of aromatic nitrogens is 1. The predicted molar refractivity (Wildman–Crippen MR) is 38.1 cm³/mol. The van der Waals surface area contributed by atoms with E-state index in [0.29, 0.717) is 0 Å². The highest BCUT2D eigenvalue weighted by Gasteiger charge is 2.00. The maximum absolute atomic E-state index is 11.0. The van der Waals surface area contributed by atoms with Crippen molar-refractivity contribution in [2.45, 2.75) is 5.03 Å². The van der Waals surface area contributed by atoms with E-state index in [-0.39, 0.29) is 5.03 Å². The summed E-state index contributed by atoms with van der Waals surface area (Å²) in [4.78, 5) is 3.76. The van der Waals surface area contributed by atoms with E-state index in [2.05, 4.69) is 11.1 Å². The van der Waals surface area contributed by atoms with Crippen molar-refractivity contribution in [1.82, 2.24) is 4.98 Å². The van der Waals surface area contributed by atoms with Gasteiger partial charge >= 0.3 is 0 Å². The fourth-order valence-electron chi connectivity index (χ4n) is 0.523. The molecule has 1 radical (unpaired) electrons. The van der Waals surface area contributed by atoms with Crippen LogP contribution in [0.5, 0.6) is 0 Å². The van der Waals surface area contributed by atoms with E-state index in [4.69, 9.17) is 4.78 Å². The van der Waals surface area contributed by atoms with Gasteiger partial charge in [0, 0.05) is 12.5 Å². The molecule has 0 aliphatic heterocycles.